The summed E-state index contributed by atoms with van der Waals surface area (Å²) in [5, 5.41) is 10.6. The summed E-state index contributed by atoms with van der Waals surface area (Å²) >= 11 is 0. The molecule has 0 radical (unpaired) electrons. The molecule has 74 valence electrons. The van der Waals surface area contributed by atoms with Crippen molar-refractivity contribution < 1.29 is 14.6 Å². The standard InChI is InChI=1S/C6H13NO3.C2H6/c1-6(2,4-10-3)7-5(8)9;1-2/h7H,4H2,1-3H3,(H,8,9);1-2H3. The van der Waals surface area contributed by atoms with Crippen LogP contribution < -0.4 is 5.32 Å². The van der Waals surface area contributed by atoms with E-state index in [9.17, 15) is 4.79 Å². The fraction of sp³-hybridized carbons (Fsp3) is 0.875. The lowest BCUT2D eigenvalue weighted by molar-refractivity contribution is 0.120. The summed E-state index contributed by atoms with van der Waals surface area (Å²) < 4.78 is 4.78. The highest BCUT2D eigenvalue weighted by atomic mass is 16.5. The first-order chi connectivity index (χ1) is 5.48. The number of nitrogens with one attached hydrogen (secondary N) is 1. The van der Waals surface area contributed by atoms with Gasteiger partial charge in [0, 0.05) is 7.11 Å². The average Bonchev–Trinajstić information content (AvgIpc) is 1.88. The van der Waals surface area contributed by atoms with E-state index in [-0.39, 0.29) is 0 Å². The molecule has 0 spiro atoms. The molecule has 0 aromatic rings. The van der Waals surface area contributed by atoms with Crippen LogP contribution in [0.5, 0.6) is 0 Å². The predicted molar refractivity (Wildman–Crippen MR) is 48.5 cm³/mol. The third-order valence-corrected chi connectivity index (χ3v) is 0.951. The van der Waals surface area contributed by atoms with E-state index in [1.165, 1.54) is 7.11 Å². The second-order valence-electron chi connectivity index (χ2n) is 2.75. The van der Waals surface area contributed by atoms with Crippen molar-refractivity contribution in [1.82, 2.24) is 5.32 Å². The maximum Gasteiger partial charge on any atom is 0.405 e. The van der Waals surface area contributed by atoms with Crippen molar-refractivity contribution in [2.24, 2.45) is 0 Å². The SMILES string of the molecule is CC.COCC(C)(C)NC(=O)O. The highest BCUT2D eigenvalue weighted by molar-refractivity contribution is 5.65. The summed E-state index contributed by atoms with van der Waals surface area (Å²) in [7, 11) is 1.53. The number of hydrogen-bond donors (Lipinski definition) is 2. The molecule has 0 unspecified atom stereocenters. The smallest absolute Gasteiger partial charge is 0.405 e. The highest BCUT2D eigenvalue weighted by Crippen LogP contribution is 2.00. The molecule has 0 atom stereocenters. The fourth-order valence-electron chi connectivity index (χ4n) is 0.686. The minimum atomic E-state index is -1.03. The topological polar surface area (TPSA) is 58.6 Å². The predicted octanol–water partition coefficient (Wildman–Crippen LogP) is 1.71. The number of hydrogen-bond acceptors (Lipinski definition) is 2. The Balaban J connectivity index is 0. The normalized spacial score (nSPS) is 9.75. The number of carbonyl (C=O) groups is 1. The van der Waals surface area contributed by atoms with Crippen LogP contribution in [0.25, 0.3) is 0 Å². The van der Waals surface area contributed by atoms with E-state index in [0.717, 1.165) is 0 Å². The quantitative estimate of drug-likeness (QED) is 0.689. The van der Waals surface area contributed by atoms with Crippen molar-refractivity contribution >= 4 is 6.09 Å². The Kier molecular flexibility index (Phi) is 7.94. The third-order valence-electron chi connectivity index (χ3n) is 0.951. The molecule has 0 rings (SSSR count). The number of amides is 1. The van der Waals surface area contributed by atoms with Gasteiger partial charge in [0.1, 0.15) is 0 Å². The largest absolute Gasteiger partial charge is 0.465 e. The van der Waals surface area contributed by atoms with Gasteiger partial charge in [-0.3, -0.25) is 0 Å². The maximum atomic E-state index is 10.1. The third kappa shape index (κ3) is 9.23. The number of carboxylic acid groups (broad SMARTS) is 1. The molecule has 2 N–H and O–H groups in total. The van der Waals surface area contributed by atoms with Gasteiger partial charge in [-0.1, -0.05) is 13.8 Å². The number of ether oxygens (including phenoxy) is 1. The second kappa shape index (κ2) is 6.91. The molecule has 4 heteroatoms. The molecule has 0 saturated heterocycles. The van der Waals surface area contributed by atoms with Gasteiger partial charge in [-0.2, -0.15) is 0 Å². The van der Waals surface area contributed by atoms with Gasteiger partial charge < -0.3 is 15.2 Å². The zero-order valence-corrected chi connectivity index (χ0v) is 8.47. The molecule has 12 heavy (non-hydrogen) atoms. The van der Waals surface area contributed by atoms with E-state index in [2.05, 4.69) is 5.32 Å². The van der Waals surface area contributed by atoms with Crippen LogP contribution in [0, 0.1) is 0 Å². The van der Waals surface area contributed by atoms with E-state index in [1.807, 2.05) is 13.8 Å². The van der Waals surface area contributed by atoms with Crippen LogP contribution in [0.2, 0.25) is 0 Å². The molecule has 0 saturated carbocycles. The molecule has 0 aromatic carbocycles. The van der Waals surface area contributed by atoms with E-state index in [1.54, 1.807) is 13.8 Å². The lowest BCUT2D eigenvalue weighted by Crippen LogP contribution is -2.46. The van der Waals surface area contributed by atoms with Gasteiger partial charge in [0.25, 0.3) is 0 Å². The molecule has 0 fully saturated rings. The molecular formula is C8H19NO3. The van der Waals surface area contributed by atoms with Gasteiger partial charge in [0.15, 0.2) is 0 Å². The van der Waals surface area contributed by atoms with Crippen molar-refractivity contribution in [3.8, 4) is 0 Å². The van der Waals surface area contributed by atoms with Crippen molar-refractivity contribution in [3.63, 3.8) is 0 Å². The molecule has 0 aliphatic heterocycles. The lowest BCUT2D eigenvalue weighted by atomic mass is 10.1. The molecule has 4 nitrogen and oxygen atoms in total. The molecule has 0 aliphatic rings. The number of methoxy groups -OCH3 is 1. The summed E-state index contributed by atoms with van der Waals surface area (Å²) in [5.74, 6) is 0. The highest BCUT2D eigenvalue weighted by Gasteiger charge is 2.18. The second-order valence-corrected chi connectivity index (χ2v) is 2.75. The van der Waals surface area contributed by atoms with Crippen LogP contribution in [0.1, 0.15) is 27.7 Å². The van der Waals surface area contributed by atoms with Crippen LogP contribution in [-0.4, -0.2) is 30.5 Å². The Labute approximate surface area is 73.9 Å². The molecule has 0 heterocycles. The minimum absolute atomic E-state index is 0.374. The summed E-state index contributed by atoms with van der Waals surface area (Å²) in [6.45, 7) is 7.88. The Morgan fingerprint density at radius 3 is 2.17 bits per heavy atom. The van der Waals surface area contributed by atoms with Gasteiger partial charge in [-0.25, -0.2) is 4.79 Å². The summed E-state index contributed by atoms with van der Waals surface area (Å²) in [6, 6.07) is 0. The minimum Gasteiger partial charge on any atom is -0.465 e. The van der Waals surface area contributed by atoms with Gasteiger partial charge in [0.2, 0.25) is 0 Å². The van der Waals surface area contributed by atoms with Crippen molar-refractivity contribution in [2.45, 2.75) is 33.2 Å². The first-order valence-electron chi connectivity index (χ1n) is 3.98. The first kappa shape index (κ1) is 13.8. The van der Waals surface area contributed by atoms with Crippen molar-refractivity contribution in [1.29, 1.82) is 0 Å². The lowest BCUT2D eigenvalue weighted by Gasteiger charge is -2.22. The van der Waals surface area contributed by atoms with Gasteiger partial charge in [0.05, 0.1) is 12.1 Å². The summed E-state index contributed by atoms with van der Waals surface area (Å²) in [4.78, 5) is 10.1. The van der Waals surface area contributed by atoms with E-state index < -0.39 is 11.6 Å². The Hall–Kier alpha value is -0.770. The molecule has 0 aliphatic carbocycles. The van der Waals surface area contributed by atoms with Crippen molar-refractivity contribution in [3.05, 3.63) is 0 Å². The van der Waals surface area contributed by atoms with Crippen LogP contribution >= 0.6 is 0 Å². The first-order valence-corrected chi connectivity index (χ1v) is 3.98. The Morgan fingerprint density at radius 2 is 1.92 bits per heavy atom. The zero-order chi connectivity index (χ0) is 10.2. The van der Waals surface area contributed by atoms with Gasteiger partial charge in [-0.05, 0) is 13.8 Å². The summed E-state index contributed by atoms with van der Waals surface area (Å²) in [5.41, 5.74) is -0.499. The zero-order valence-electron chi connectivity index (χ0n) is 8.47. The monoisotopic (exact) mass is 177 g/mol. The van der Waals surface area contributed by atoms with Crippen molar-refractivity contribution in [2.75, 3.05) is 13.7 Å². The number of rotatable bonds is 3. The van der Waals surface area contributed by atoms with Crippen LogP contribution in [0.15, 0.2) is 0 Å². The van der Waals surface area contributed by atoms with E-state index >= 15 is 0 Å². The van der Waals surface area contributed by atoms with Gasteiger partial charge in [-0.15, -0.1) is 0 Å². The Morgan fingerprint density at radius 1 is 1.50 bits per heavy atom. The average molecular weight is 177 g/mol. The van der Waals surface area contributed by atoms with Gasteiger partial charge >= 0.3 is 6.09 Å². The Bertz CT molecular complexity index is 123. The van der Waals surface area contributed by atoms with Crippen LogP contribution in [-0.2, 0) is 4.74 Å². The maximum absolute atomic E-state index is 10.1. The van der Waals surface area contributed by atoms with E-state index in [4.69, 9.17) is 9.84 Å². The van der Waals surface area contributed by atoms with Crippen LogP contribution in [0.3, 0.4) is 0 Å². The van der Waals surface area contributed by atoms with Crippen LogP contribution in [0.4, 0.5) is 4.79 Å². The molecule has 0 aromatic heterocycles. The molecule has 0 bridgehead atoms. The van der Waals surface area contributed by atoms with E-state index in [0.29, 0.717) is 6.61 Å². The molecular weight excluding hydrogens is 158 g/mol. The summed E-state index contributed by atoms with van der Waals surface area (Å²) in [6.07, 6.45) is -1.03. The molecule has 1 amide bonds. The fourth-order valence-corrected chi connectivity index (χ4v) is 0.686.